The first kappa shape index (κ1) is 16.6. The molecule has 0 bridgehead atoms. The molecule has 0 fully saturated rings. The average molecular weight is 335 g/mol. The molecule has 2 aromatic carbocycles. The summed E-state index contributed by atoms with van der Waals surface area (Å²) in [7, 11) is 0. The van der Waals surface area contributed by atoms with Crippen LogP contribution in [0.15, 0.2) is 54.6 Å². The van der Waals surface area contributed by atoms with Crippen LogP contribution in [0.25, 0.3) is 10.8 Å². The molecule has 0 radical (unpaired) electrons. The first-order valence-corrected chi connectivity index (χ1v) is 7.94. The smallest absolute Gasteiger partial charge is 0.362 e. The fraction of sp³-hybridized carbons (Fsp3) is 0.150. The molecule has 0 N–H and O–H groups in total. The number of rotatable bonds is 4. The van der Waals surface area contributed by atoms with Crippen LogP contribution in [0.3, 0.4) is 0 Å². The lowest BCUT2D eigenvalue weighted by molar-refractivity contribution is 0.0523. The number of ether oxygens (including phenoxy) is 2. The number of esters is 2. The summed E-state index contributed by atoms with van der Waals surface area (Å²) in [4.78, 5) is 28.3. The average Bonchev–Trinajstić information content (AvgIpc) is 2.61. The topological polar surface area (TPSA) is 65.5 Å². The zero-order valence-electron chi connectivity index (χ0n) is 14.0. The number of hydrogen-bond acceptors (Lipinski definition) is 5. The maximum atomic E-state index is 12.3. The van der Waals surface area contributed by atoms with Crippen LogP contribution in [0, 0.1) is 6.92 Å². The van der Waals surface area contributed by atoms with Gasteiger partial charge in [-0.25, -0.2) is 14.6 Å². The molecule has 0 atom stereocenters. The van der Waals surface area contributed by atoms with E-state index in [-0.39, 0.29) is 12.3 Å². The summed E-state index contributed by atoms with van der Waals surface area (Å²) in [6, 6.07) is 16.2. The summed E-state index contributed by atoms with van der Waals surface area (Å²) in [5, 5.41) is 2.05. The Labute approximate surface area is 145 Å². The van der Waals surface area contributed by atoms with Crippen molar-refractivity contribution >= 4 is 22.7 Å². The second-order valence-corrected chi connectivity index (χ2v) is 5.45. The number of benzene rings is 2. The van der Waals surface area contributed by atoms with Crippen molar-refractivity contribution in [3.8, 4) is 5.75 Å². The van der Waals surface area contributed by atoms with Crippen molar-refractivity contribution in [2.24, 2.45) is 0 Å². The molecule has 126 valence electrons. The minimum Gasteiger partial charge on any atom is -0.462 e. The quantitative estimate of drug-likeness (QED) is 0.534. The Bertz CT molecular complexity index is 949. The van der Waals surface area contributed by atoms with E-state index in [1.165, 1.54) is 12.1 Å². The molecular weight excluding hydrogens is 318 g/mol. The Morgan fingerprint density at radius 1 is 0.960 bits per heavy atom. The molecule has 3 rings (SSSR count). The van der Waals surface area contributed by atoms with Gasteiger partial charge in [0.1, 0.15) is 11.4 Å². The zero-order valence-corrected chi connectivity index (χ0v) is 14.0. The third-order valence-electron chi connectivity index (χ3n) is 3.72. The van der Waals surface area contributed by atoms with Gasteiger partial charge in [0, 0.05) is 0 Å². The maximum Gasteiger partial charge on any atom is 0.362 e. The van der Waals surface area contributed by atoms with Gasteiger partial charge in [-0.1, -0.05) is 30.3 Å². The molecule has 0 unspecified atom stereocenters. The van der Waals surface area contributed by atoms with Gasteiger partial charge >= 0.3 is 11.9 Å². The van der Waals surface area contributed by atoms with E-state index in [1.807, 2.05) is 30.3 Å². The van der Waals surface area contributed by atoms with Gasteiger partial charge in [0.25, 0.3) is 0 Å². The normalized spacial score (nSPS) is 10.5. The van der Waals surface area contributed by atoms with Crippen LogP contribution < -0.4 is 4.74 Å². The van der Waals surface area contributed by atoms with Gasteiger partial charge in [0.2, 0.25) is 0 Å². The van der Waals surface area contributed by atoms with Crippen LogP contribution in [-0.4, -0.2) is 23.5 Å². The Morgan fingerprint density at radius 2 is 1.72 bits per heavy atom. The first-order chi connectivity index (χ1) is 12.1. The van der Waals surface area contributed by atoms with Crippen molar-refractivity contribution in [1.82, 2.24) is 4.98 Å². The van der Waals surface area contributed by atoms with Crippen molar-refractivity contribution in [2.75, 3.05) is 6.61 Å². The molecule has 3 aromatic rings. The van der Waals surface area contributed by atoms with Crippen molar-refractivity contribution < 1.29 is 19.1 Å². The number of nitrogens with zero attached hydrogens (tertiary/aromatic N) is 1. The van der Waals surface area contributed by atoms with Gasteiger partial charge in [0.05, 0.1) is 17.9 Å². The predicted octanol–water partition coefficient (Wildman–Crippen LogP) is 3.94. The highest BCUT2D eigenvalue weighted by Crippen LogP contribution is 2.21. The number of aromatic nitrogens is 1. The minimum absolute atomic E-state index is 0.138. The second kappa shape index (κ2) is 7.13. The standard InChI is InChI=1S/C20H17NO4/c1-3-24-19(22)17-10-11-18(21-13(17)2)20(23)25-16-9-8-14-6-4-5-7-15(14)12-16/h4-12H,3H2,1-2H3. The largest absolute Gasteiger partial charge is 0.462 e. The molecule has 5 nitrogen and oxygen atoms in total. The van der Waals surface area contributed by atoms with Gasteiger partial charge < -0.3 is 9.47 Å². The van der Waals surface area contributed by atoms with E-state index >= 15 is 0 Å². The lowest BCUT2D eigenvalue weighted by Gasteiger charge is -2.08. The van der Waals surface area contributed by atoms with Crippen LogP contribution in [0.1, 0.15) is 33.5 Å². The molecule has 1 heterocycles. The summed E-state index contributed by atoms with van der Waals surface area (Å²) in [6.45, 7) is 3.67. The monoisotopic (exact) mass is 335 g/mol. The predicted molar refractivity (Wildman–Crippen MR) is 93.8 cm³/mol. The third kappa shape index (κ3) is 3.66. The highest BCUT2D eigenvalue weighted by atomic mass is 16.5. The van der Waals surface area contributed by atoms with Crippen LogP contribution in [0.2, 0.25) is 0 Å². The minimum atomic E-state index is -0.575. The van der Waals surface area contributed by atoms with Gasteiger partial charge in [-0.2, -0.15) is 0 Å². The molecule has 25 heavy (non-hydrogen) atoms. The van der Waals surface area contributed by atoms with Crippen LogP contribution >= 0.6 is 0 Å². The van der Waals surface area contributed by atoms with E-state index in [9.17, 15) is 9.59 Å². The van der Waals surface area contributed by atoms with E-state index in [0.717, 1.165) is 10.8 Å². The Morgan fingerprint density at radius 3 is 2.44 bits per heavy atom. The lowest BCUT2D eigenvalue weighted by atomic mass is 10.1. The van der Waals surface area contributed by atoms with Crippen LogP contribution in [-0.2, 0) is 4.74 Å². The zero-order chi connectivity index (χ0) is 17.8. The number of hydrogen-bond donors (Lipinski definition) is 0. The van der Waals surface area contributed by atoms with Gasteiger partial charge in [-0.15, -0.1) is 0 Å². The van der Waals surface area contributed by atoms with Crippen LogP contribution in [0.4, 0.5) is 0 Å². The highest BCUT2D eigenvalue weighted by Gasteiger charge is 2.16. The van der Waals surface area contributed by atoms with Crippen molar-refractivity contribution in [3.63, 3.8) is 0 Å². The summed E-state index contributed by atoms with van der Waals surface area (Å²) in [5.41, 5.74) is 0.897. The fourth-order valence-electron chi connectivity index (χ4n) is 2.49. The van der Waals surface area contributed by atoms with Crippen molar-refractivity contribution in [1.29, 1.82) is 0 Å². The molecule has 0 saturated heterocycles. The van der Waals surface area contributed by atoms with Crippen molar-refractivity contribution in [3.05, 3.63) is 71.5 Å². The summed E-state index contributed by atoms with van der Waals surface area (Å²) in [5.74, 6) is -0.589. The Hall–Kier alpha value is -3.21. The molecule has 0 spiro atoms. The van der Waals surface area contributed by atoms with E-state index in [2.05, 4.69) is 4.98 Å². The number of aryl methyl sites for hydroxylation is 1. The molecule has 0 saturated carbocycles. The van der Waals surface area contributed by atoms with Gasteiger partial charge in [-0.3, -0.25) is 0 Å². The number of carbonyl (C=O) groups is 2. The molecule has 0 aliphatic carbocycles. The molecule has 5 heteroatoms. The molecule has 0 aliphatic heterocycles. The number of pyridine rings is 1. The second-order valence-electron chi connectivity index (χ2n) is 5.45. The Balaban J connectivity index is 1.80. The highest BCUT2D eigenvalue weighted by molar-refractivity contribution is 5.94. The summed E-state index contributed by atoms with van der Waals surface area (Å²) in [6.07, 6.45) is 0. The van der Waals surface area contributed by atoms with Crippen molar-refractivity contribution in [2.45, 2.75) is 13.8 Å². The summed E-state index contributed by atoms with van der Waals surface area (Å²) >= 11 is 0. The SMILES string of the molecule is CCOC(=O)c1ccc(C(=O)Oc2ccc3ccccc3c2)nc1C. The molecule has 1 aromatic heterocycles. The lowest BCUT2D eigenvalue weighted by Crippen LogP contribution is -2.14. The van der Waals surface area contributed by atoms with E-state index in [4.69, 9.17) is 9.47 Å². The van der Waals surface area contributed by atoms with Gasteiger partial charge in [-0.05, 0) is 48.9 Å². The third-order valence-corrected chi connectivity index (χ3v) is 3.72. The maximum absolute atomic E-state index is 12.3. The van der Waals surface area contributed by atoms with Gasteiger partial charge in [0.15, 0.2) is 0 Å². The first-order valence-electron chi connectivity index (χ1n) is 7.94. The number of fused-ring (bicyclic) bond motifs is 1. The van der Waals surface area contributed by atoms with E-state index in [1.54, 1.807) is 26.0 Å². The Kier molecular flexibility index (Phi) is 4.75. The fourth-order valence-corrected chi connectivity index (χ4v) is 2.49. The molecule has 0 aliphatic rings. The summed E-state index contributed by atoms with van der Waals surface area (Å²) < 4.78 is 10.3. The molecular formula is C20H17NO4. The van der Waals surface area contributed by atoms with E-state index in [0.29, 0.717) is 17.0 Å². The number of carbonyl (C=O) groups excluding carboxylic acids is 2. The van der Waals surface area contributed by atoms with Crippen LogP contribution in [0.5, 0.6) is 5.75 Å². The molecule has 0 amide bonds. The van der Waals surface area contributed by atoms with E-state index < -0.39 is 11.9 Å².